The first-order valence-corrected chi connectivity index (χ1v) is 8.07. The highest BCUT2D eigenvalue weighted by Crippen LogP contribution is 2.29. The summed E-state index contributed by atoms with van der Waals surface area (Å²) in [6.45, 7) is 0. The highest BCUT2D eigenvalue weighted by atomic mass is 79.9. The number of benzene rings is 2. The Bertz CT molecular complexity index is 856. The van der Waals surface area contributed by atoms with E-state index < -0.39 is 0 Å². The van der Waals surface area contributed by atoms with Gasteiger partial charge < -0.3 is 5.32 Å². The molecule has 2 aromatic carbocycles. The lowest BCUT2D eigenvalue weighted by Gasteiger charge is -2.09. The molecular weight excluding hydrogens is 378 g/mol. The Morgan fingerprint density at radius 2 is 2.00 bits per heavy atom. The maximum Gasteiger partial charge on any atom is 0.257 e. The van der Waals surface area contributed by atoms with Crippen LogP contribution in [0.2, 0.25) is 5.02 Å². The van der Waals surface area contributed by atoms with Crippen molar-refractivity contribution in [3.63, 3.8) is 0 Å². The summed E-state index contributed by atoms with van der Waals surface area (Å²) in [4.78, 5) is 12.3. The van der Waals surface area contributed by atoms with E-state index in [2.05, 4.69) is 26.3 Å². The van der Waals surface area contributed by atoms with E-state index in [-0.39, 0.29) is 5.91 Å². The second kappa shape index (κ2) is 6.56. The van der Waals surface area contributed by atoms with Gasteiger partial charge in [-0.15, -0.1) is 0 Å². The molecule has 0 unspecified atom stereocenters. The van der Waals surface area contributed by atoms with Crippen molar-refractivity contribution < 1.29 is 4.79 Å². The number of anilines is 1. The number of halogens is 2. The molecule has 0 saturated carbocycles. The minimum Gasteiger partial charge on any atom is -0.322 e. The number of carbonyl (C=O) groups excluding carboxylic acids is 1. The average molecular weight is 391 g/mol. The van der Waals surface area contributed by atoms with Crippen LogP contribution < -0.4 is 5.32 Å². The van der Waals surface area contributed by atoms with E-state index in [0.29, 0.717) is 16.3 Å². The van der Waals surface area contributed by atoms with Crippen molar-refractivity contribution in [3.8, 4) is 11.3 Å². The average Bonchev–Trinajstić information content (AvgIpc) is 2.87. The van der Waals surface area contributed by atoms with Crippen LogP contribution in [0.3, 0.4) is 0 Å². The van der Waals surface area contributed by atoms with Crippen LogP contribution in [0.1, 0.15) is 10.4 Å². The molecule has 1 amide bonds. The topological polar surface area (TPSA) is 46.9 Å². The zero-order chi connectivity index (χ0) is 16.4. The zero-order valence-electron chi connectivity index (χ0n) is 12.3. The quantitative estimate of drug-likeness (QED) is 0.701. The van der Waals surface area contributed by atoms with E-state index >= 15 is 0 Å². The van der Waals surface area contributed by atoms with Crippen molar-refractivity contribution in [3.05, 3.63) is 69.8 Å². The summed E-state index contributed by atoms with van der Waals surface area (Å²) in [5, 5.41) is 7.51. The fraction of sp³-hybridized carbons (Fsp3) is 0.0588. The van der Waals surface area contributed by atoms with E-state index in [9.17, 15) is 4.79 Å². The lowest BCUT2D eigenvalue weighted by atomic mass is 10.1. The smallest absolute Gasteiger partial charge is 0.257 e. The molecule has 3 aromatic rings. The molecule has 3 rings (SSSR count). The van der Waals surface area contributed by atoms with E-state index in [0.717, 1.165) is 15.7 Å². The van der Waals surface area contributed by atoms with Crippen molar-refractivity contribution in [2.75, 3.05) is 5.32 Å². The van der Waals surface area contributed by atoms with Gasteiger partial charge in [0.1, 0.15) is 0 Å². The predicted octanol–water partition coefficient (Wildman–Crippen LogP) is 4.76. The van der Waals surface area contributed by atoms with Gasteiger partial charge in [0.15, 0.2) is 0 Å². The zero-order valence-corrected chi connectivity index (χ0v) is 14.6. The van der Waals surface area contributed by atoms with Gasteiger partial charge in [0.25, 0.3) is 5.91 Å². The van der Waals surface area contributed by atoms with Gasteiger partial charge in [-0.2, -0.15) is 5.10 Å². The number of nitrogens with one attached hydrogen (secondary N) is 1. The lowest BCUT2D eigenvalue weighted by Crippen LogP contribution is -2.12. The molecule has 0 saturated heterocycles. The molecular formula is C17H13BrClN3O. The van der Waals surface area contributed by atoms with Crippen LogP contribution in [-0.2, 0) is 7.05 Å². The molecule has 0 spiro atoms. The van der Waals surface area contributed by atoms with Crippen molar-refractivity contribution in [1.29, 1.82) is 0 Å². The maximum atomic E-state index is 12.3. The van der Waals surface area contributed by atoms with Gasteiger partial charge >= 0.3 is 0 Å². The molecule has 0 aliphatic rings. The van der Waals surface area contributed by atoms with E-state index in [1.165, 1.54) is 0 Å². The fourth-order valence-corrected chi connectivity index (χ4v) is 3.12. The second-order valence-electron chi connectivity index (χ2n) is 4.98. The van der Waals surface area contributed by atoms with Gasteiger partial charge in [-0.3, -0.25) is 9.48 Å². The summed E-state index contributed by atoms with van der Waals surface area (Å²) in [6.07, 6.45) is 1.74. The number of carbonyl (C=O) groups is 1. The predicted molar refractivity (Wildman–Crippen MR) is 95.7 cm³/mol. The lowest BCUT2D eigenvalue weighted by molar-refractivity contribution is 0.102. The third kappa shape index (κ3) is 3.30. The Kier molecular flexibility index (Phi) is 4.50. The fourth-order valence-electron chi connectivity index (χ4n) is 2.32. The maximum absolute atomic E-state index is 12.3. The van der Waals surface area contributed by atoms with E-state index in [1.807, 2.05) is 31.3 Å². The molecule has 0 radical (unpaired) electrons. The van der Waals surface area contributed by atoms with E-state index in [1.54, 1.807) is 35.1 Å². The summed E-state index contributed by atoms with van der Waals surface area (Å²) in [6, 6.07) is 14.5. The molecule has 1 N–H and O–H groups in total. The number of hydrogen-bond donors (Lipinski definition) is 1. The normalized spacial score (nSPS) is 10.6. The Hall–Kier alpha value is -2.11. The van der Waals surface area contributed by atoms with Crippen LogP contribution in [-0.4, -0.2) is 15.7 Å². The summed E-state index contributed by atoms with van der Waals surface area (Å²) in [5.41, 5.74) is 3.04. The molecule has 0 atom stereocenters. The Morgan fingerprint density at radius 3 is 2.70 bits per heavy atom. The van der Waals surface area contributed by atoms with Gasteiger partial charge in [0.05, 0.1) is 26.9 Å². The molecule has 4 nitrogen and oxygen atoms in total. The largest absolute Gasteiger partial charge is 0.322 e. The first-order valence-electron chi connectivity index (χ1n) is 6.90. The number of aromatic nitrogens is 2. The summed E-state index contributed by atoms with van der Waals surface area (Å²) in [5.74, 6) is -0.239. The number of amides is 1. The van der Waals surface area contributed by atoms with Crippen LogP contribution in [0.15, 0.2) is 59.2 Å². The number of nitrogens with zero attached hydrogens (tertiary/aromatic N) is 2. The monoisotopic (exact) mass is 389 g/mol. The molecule has 0 aliphatic carbocycles. The summed E-state index contributed by atoms with van der Waals surface area (Å²) in [7, 11) is 1.87. The molecule has 116 valence electrons. The van der Waals surface area contributed by atoms with Crippen molar-refractivity contribution in [2.24, 2.45) is 7.05 Å². The molecule has 0 bridgehead atoms. The van der Waals surface area contributed by atoms with Gasteiger partial charge in [-0.05, 0) is 40.2 Å². The Morgan fingerprint density at radius 1 is 1.22 bits per heavy atom. The molecule has 0 fully saturated rings. The Balaban J connectivity index is 1.89. The number of hydrogen-bond acceptors (Lipinski definition) is 2. The Labute approximate surface area is 147 Å². The van der Waals surface area contributed by atoms with Gasteiger partial charge in [-0.25, -0.2) is 0 Å². The molecule has 23 heavy (non-hydrogen) atoms. The van der Waals surface area contributed by atoms with Crippen LogP contribution in [0.25, 0.3) is 11.3 Å². The summed E-state index contributed by atoms with van der Waals surface area (Å²) < 4.78 is 2.67. The third-order valence-electron chi connectivity index (χ3n) is 3.41. The highest BCUT2D eigenvalue weighted by Gasteiger charge is 2.12. The van der Waals surface area contributed by atoms with E-state index in [4.69, 9.17) is 11.6 Å². The molecule has 6 heteroatoms. The van der Waals surface area contributed by atoms with Crippen LogP contribution in [0, 0.1) is 0 Å². The van der Waals surface area contributed by atoms with Crippen molar-refractivity contribution in [1.82, 2.24) is 9.78 Å². The first kappa shape index (κ1) is 15.8. The van der Waals surface area contributed by atoms with Gasteiger partial charge in [0.2, 0.25) is 0 Å². The highest BCUT2D eigenvalue weighted by molar-refractivity contribution is 9.10. The standard InChI is InChI=1S/C17H13BrClN3O/c1-22-16(14(18)10-20-22)11-5-4-6-12(9-11)21-17(23)13-7-2-3-8-15(13)19/h2-10H,1H3,(H,21,23). The molecule has 1 heterocycles. The molecule has 0 aliphatic heterocycles. The first-order chi connectivity index (χ1) is 11.1. The van der Waals surface area contributed by atoms with Crippen LogP contribution >= 0.6 is 27.5 Å². The van der Waals surface area contributed by atoms with Gasteiger partial charge in [0, 0.05) is 18.3 Å². The van der Waals surface area contributed by atoms with Crippen molar-refractivity contribution in [2.45, 2.75) is 0 Å². The molecule has 1 aromatic heterocycles. The van der Waals surface area contributed by atoms with Crippen molar-refractivity contribution >= 4 is 39.1 Å². The third-order valence-corrected chi connectivity index (χ3v) is 4.32. The second-order valence-corrected chi connectivity index (χ2v) is 6.24. The van der Waals surface area contributed by atoms with Crippen LogP contribution in [0.4, 0.5) is 5.69 Å². The minimum atomic E-state index is -0.239. The van der Waals surface area contributed by atoms with Crippen LogP contribution in [0.5, 0.6) is 0 Å². The number of rotatable bonds is 3. The number of aryl methyl sites for hydroxylation is 1. The van der Waals surface area contributed by atoms with Gasteiger partial charge in [-0.1, -0.05) is 35.9 Å². The SMILES string of the molecule is Cn1ncc(Br)c1-c1cccc(NC(=O)c2ccccc2Cl)c1. The minimum absolute atomic E-state index is 0.239. The summed E-state index contributed by atoms with van der Waals surface area (Å²) >= 11 is 9.55.